The van der Waals surface area contributed by atoms with E-state index in [2.05, 4.69) is 9.97 Å². The molecule has 2 aromatic carbocycles. The number of nitrogens with one attached hydrogen (secondary N) is 1. The molecule has 33 heavy (non-hydrogen) atoms. The molecule has 4 rings (SSSR count). The fraction of sp³-hybridized carbons (Fsp3) is 0.360. The monoisotopic (exact) mass is 466 g/mol. The summed E-state index contributed by atoms with van der Waals surface area (Å²) < 4.78 is 0. The number of carbonyl (C=O) groups is 2. The zero-order valence-electron chi connectivity index (χ0n) is 19.0. The lowest BCUT2D eigenvalue weighted by molar-refractivity contribution is -0.136. The Balaban J connectivity index is 1.57. The maximum absolute atomic E-state index is 13.4. The third-order valence-corrected chi connectivity index (χ3v) is 6.44. The lowest BCUT2D eigenvalue weighted by Gasteiger charge is -2.25. The maximum Gasteiger partial charge on any atom is 0.258 e. The first-order valence-electron chi connectivity index (χ1n) is 11.1. The first-order chi connectivity index (χ1) is 15.8. The van der Waals surface area contributed by atoms with Gasteiger partial charge in [0.1, 0.15) is 5.82 Å². The van der Waals surface area contributed by atoms with Crippen LogP contribution in [-0.2, 0) is 16.1 Å². The fourth-order valence-electron chi connectivity index (χ4n) is 4.35. The largest absolute Gasteiger partial charge is 0.335 e. The molecule has 1 unspecified atom stereocenters. The molecule has 0 radical (unpaired) electrons. The van der Waals surface area contributed by atoms with E-state index >= 15 is 0 Å². The Bertz CT molecular complexity index is 1290. The molecular weight excluding hydrogens is 440 g/mol. The molecule has 3 aromatic rings. The quantitative estimate of drug-likeness (QED) is 0.595. The van der Waals surface area contributed by atoms with Crippen molar-refractivity contribution in [2.24, 2.45) is 5.92 Å². The van der Waals surface area contributed by atoms with E-state index in [0.29, 0.717) is 34.8 Å². The summed E-state index contributed by atoms with van der Waals surface area (Å²) in [5.74, 6) is -0.199. The number of aromatic amines is 1. The third-order valence-electron chi connectivity index (χ3n) is 6.20. The summed E-state index contributed by atoms with van der Waals surface area (Å²) in [7, 11) is 0. The predicted molar refractivity (Wildman–Crippen MR) is 129 cm³/mol. The molecule has 8 heteroatoms. The molecule has 1 aliphatic heterocycles. The number of anilines is 1. The topological polar surface area (TPSA) is 86.4 Å². The normalized spacial score (nSPS) is 15.9. The minimum atomic E-state index is -0.439. The predicted octanol–water partition coefficient (Wildman–Crippen LogP) is 3.99. The highest BCUT2D eigenvalue weighted by Crippen LogP contribution is 2.30. The smallest absolute Gasteiger partial charge is 0.258 e. The Hall–Kier alpha value is -3.19. The average molecular weight is 467 g/mol. The summed E-state index contributed by atoms with van der Waals surface area (Å²) in [5.41, 5.74) is 3.22. The van der Waals surface area contributed by atoms with Gasteiger partial charge in [0, 0.05) is 30.2 Å². The first kappa shape index (κ1) is 23.0. The highest BCUT2D eigenvalue weighted by molar-refractivity contribution is 6.31. The van der Waals surface area contributed by atoms with Crippen molar-refractivity contribution >= 4 is 40.0 Å². The van der Waals surface area contributed by atoms with Gasteiger partial charge < -0.3 is 14.8 Å². The SMILES string of the molecule is CCCN(Cc1nc2cc(Cl)ccc2c(=O)[nH]1)C(=O)C1CC(=O)N(c2cccc(C)c2C)C1. The number of fused-ring (bicyclic) bond motifs is 1. The number of benzene rings is 2. The minimum Gasteiger partial charge on any atom is -0.335 e. The fourth-order valence-corrected chi connectivity index (χ4v) is 4.51. The van der Waals surface area contributed by atoms with Crippen LogP contribution in [0, 0.1) is 19.8 Å². The van der Waals surface area contributed by atoms with E-state index < -0.39 is 5.92 Å². The Labute approximate surface area is 197 Å². The lowest BCUT2D eigenvalue weighted by Crippen LogP contribution is -2.38. The van der Waals surface area contributed by atoms with Crippen LogP contribution in [-0.4, -0.2) is 39.8 Å². The molecule has 2 heterocycles. The third kappa shape index (κ3) is 4.64. The Morgan fingerprint density at radius 1 is 1.24 bits per heavy atom. The van der Waals surface area contributed by atoms with Crippen LogP contribution in [0.25, 0.3) is 10.9 Å². The Morgan fingerprint density at radius 2 is 2.03 bits per heavy atom. The molecular formula is C25H27ClN4O3. The van der Waals surface area contributed by atoms with Gasteiger partial charge in [0.15, 0.2) is 0 Å². The summed E-state index contributed by atoms with van der Waals surface area (Å²) in [4.78, 5) is 49.4. The van der Waals surface area contributed by atoms with Gasteiger partial charge >= 0.3 is 0 Å². The van der Waals surface area contributed by atoms with Crippen molar-refractivity contribution in [1.82, 2.24) is 14.9 Å². The molecule has 1 fully saturated rings. The number of aryl methyl sites for hydroxylation is 1. The number of amides is 2. The molecule has 1 aliphatic rings. The summed E-state index contributed by atoms with van der Waals surface area (Å²) in [6.07, 6.45) is 0.917. The molecule has 7 nitrogen and oxygen atoms in total. The molecule has 1 saturated heterocycles. The standard InChI is InChI=1S/C25H27ClN4O3/c1-4-10-29(14-22-27-20-12-18(26)8-9-19(20)24(32)28-22)25(33)17-11-23(31)30(13-17)21-7-5-6-15(2)16(21)3/h5-9,12,17H,4,10-11,13-14H2,1-3H3,(H,27,28,32). The molecule has 0 bridgehead atoms. The van der Waals surface area contributed by atoms with E-state index in [-0.39, 0.29) is 30.3 Å². The van der Waals surface area contributed by atoms with Crippen molar-refractivity contribution in [1.29, 1.82) is 0 Å². The van der Waals surface area contributed by atoms with E-state index in [1.54, 1.807) is 28.0 Å². The number of nitrogens with zero attached hydrogens (tertiary/aromatic N) is 3. The summed E-state index contributed by atoms with van der Waals surface area (Å²) in [5, 5.41) is 0.936. The summed E-state index contributed by atoms with van der Waals surface area (Å²) in [6, 6.07) is 10.8. The molecule has 2 amide bonds. The van der Waals surface area contributed by atoms with Crippen molar-refractivity contribution in [2.75, 3.05) is 18.0 Å². The maximum atomic E-state index is 13.4. The molecule has 0 aliphatic carbocycles. The summed E-state index contributed by atoms with van der Waals surface area (Å²) in [6.45, 7) is 7.00. The van der Waals surface area contributed by atoms with E-state index in [4.69, 9.17) is 11.6 Å². The second-order valence-electron chi connectivity index (χ2n) is 8.56. The highest BCUT2D eigenvalue weighted by atomic mass is 35.5. The second kappa shape index (κ2) is 9.35. The van der Waals surface area contributed by atoms with Crippen LogP contribution in [0.5, 0.6) is 0 Å². The van der Waals surface area contributed by atoms with Crippen molar-refractivity contribution in [3.05, 3.63) is 68.7 Å². The van der Waals surface area contributed by atoms with Gasteiger partial charge in [-0.2, -0.15) is 0 Å². The molecule has 0 spiro atoms. The molecule has 0 saturated carbocycles. The highest BCUT2D eigenvalue weighted by Gasteiger charge is 2.37. The minimum absolute atomic E-state index is 0.0506. The van der Waals surface area contributed by atoms with Gasteiger partial charge in [-0.15, -0.1) is 0 Å². The number of rotatable bonds is 6. The van der Waals surface area contributed by atoms with Gasteiger partial charge in [0.25, 0.3) is 5.56 Å². The summed E-state index contributed by atoms with van der Waals surface area (Å²) >= 11 is 6.06. The first-order valence-corrected chi connectivity index (χ1v) is 11.5. The number of aromatic nitrogens is 2. The number of H-pyrrole nitrogens is 1. The van der Waals surface area contributed by atoms with Crippen molar-refractivity contribution in [3.8, 4) is 0 Å². The Kier molecular flexibility index (Phi) is 6.51. The second-order valence-corrected chi connectivity index (χ2v) is 8.99. The number of halogens is 1. The van der Waals surface area contributed by atoms with Crippen molar-refractivity contribution < 1.29 is 9.59 Å². The van der Waals surface area contributed by atoms with E-state index in [1.165, 1.54) is 0 Å². The average Bonchev–Trinajstić information content (AvgIpc) is 3.16. The van der Waals surface area contributed by atoms with Crippen LogP contribution in [0.1, 0.15) is 36.7 Å². The molecule has 1 aromatic heterocycles. The van der Waals surface area contributed by atoms with Crippen LogP contribution in [0.3, 0.4) is 0 Å². The molecule has 1 N–H and O–H groups in total. The van der Waals surface area contributed by atoms with Gasteiger partial charge in [0.2, 0.25) is 11.8 Å². The number of carbonyl (C=O) groups excluding carboxylic acids is 2. The lowest BCUT2D eigenvalue weighted by atomic mass is 10.1. The van der Waals surface area contributed by atoms with Crippen molar-refractivity contribution in [3.63, 3.8) is 0 Å². The number of hydrogen-bond acceptors (Lipinski definition) is 4. The van der Waals surface area contributed by atoms with Gasteiger partial charge in [0.05, 0.1) is 23.4 Å². The van der Waals surface area contributed by atoms with Gasteiger partial charge in [-0.3, -0.25) is 14.4 Å². The van der Waals surface area contributed by atoms with Gasteiger partial charge in [-0.05, 0) is 55.7 Å². The van der Waals surface area contributed by atoms with Crippen molar-refractivity contribution in [2.45, 2.75) is 40.2 Å². The van der Waals surface area contributed by atoms with Crippen LogP contribution < -0.4 is 10.5 Å². The van der Waals surface area contributed by atoms with Gasteiger partial charge in [-0.25, -0.2) is 4.98 Å². The van der Waals surface area contributed by atoms with E-state index in [9.17, 15) is 14.4 Å². The van der Waals surface area contributed by atoms with E-state index in [0.717, 1.165) is 23.2 Å². The number of hydrogen-bond donors (Lipinski definition) is 1. The van der Waals surface area contributed by atoms with Gasteiger partial charge in [-0.1, -0.05) is 30.7 Å². The molecule has 1 atom stereocenters. The zero-order valence-corrected chi connectivity index (χ0v) is 19.8. The van der Waals surface area contributed by atoms with Crippen LogP contribution in [0.4, 0.5) is 5.69 Å². The molecule has 172 valence electrons. The van der Waals surface area contributed by atoms with Crippen LogP contribution >= 0.6 is 11.6 Å². The van der Waals surface area contributed by atoms with E-state index in [1.807, 2.05) is 39.0 Å². The Morgan fingerprint density at radius 3 is 2.79 bits per heavy atom. The zero-order chi connectivity index (χ0) is 23.7. The van der Waals surface area contributed by atoms with Crippen LogP contribution in [0.15, 0.2) is 41.2 Å². The van der Waals surface area contributed by atoms with Crippen LogP contribution in [0.2, 0.25) is 5.02 Å².